The molecule has 1 unspecified atom stereocenters. The van der Waals surface area contributed by atoms with Crippen LogP contribution in [0.5, 0.6) is 0 Å². The van der Waals surface area contributed by atoms with E-state index in [0.29, 0.717) is 12.1 Å². The van der Waals surface area contributed by atoms with Gasteiger partial charge in [0.05, 0.1) is 13.5 Å². The second kappa shape index (κ2) is 6.70. The van der Waals surface area contributed by atoms with E-state index in [9.17, 15) is 9.59 Å². The zero-order valence-corrected chi connectivity index (χ0v) is 12.1. The van der Waals surface area contributed by atoms with Crippen LogP contribution < -0.4 is 0 Å². The van der Waals surface area contributed by atoms with Gasteiger partial charge in [0.25, 0.3) is 5.91 Å². The van der Waals surface area contributed by atoms with E-state index in [-0.39, 0.29) is 29.5 Å². The Kier molecular flexibility index (Phi) is 4.95. The topological polar surface area (TPSA) is 59.5 Å². The van der Waals surface area contributed by atoms with Gasteiger partial charge >= 0.3 is 5.97 Å². The van der Waals surface area contributed by atoms with Gasteiger partial charge in [0.2, 0.25) is 0 Å². The number of hydrogen-bond acceptors (Lipinski definition) is 4. The number of piperidine rings is 1. The van der Waals surface area contributed by atoms with Gasteiger partial charge in [-0.1, -0.05) is 11.6 Å². The van der Waals surface area contributed by atoms with E-state index in [1.807, 2.05) is 0 Å². The van der Waals surface area contributed by atoms with Crippen LogP contribution in [-0.2, 0) is 9.53 Å². The summed E-state index contributed by atoms with van der Waals surface area (Å²) in [7, 11) is 1.36. The number of hydrogen-bond donors (Lipinski definition) is 0. The zero-order chi connectivity index (χ0) is 14.5. The molecule has 1 atom stereocenters. The predicted octanol–water partition coefficient (Wildman–Crippen LogP) is 2.29. The van der Waals surface area contributed by atoms with Crippen LogP contribution in [0.25, 0.3) is 0 Å². The number of carbonyl (C=O) groups is 2. The Labute approximate surface area is 122 Å². The van der Waals surface area contributed by atoms with E-state index >= 15 is 0 Å². The fourth-order valence-corrected chi connectivity index (χ4v) is 2.63. The first-order valence-electron chi connectivity index (χ1n) is 6.61. The highest BCUT2D eigenvalue weighted by atomic mass is 35.5. The Morgan fingerprint density at radius 1 is 1.50 bits per heavy atom. The first kappa shape index (κ1) is 14.8. The molecule has 1 amide bonds. The maximum absolute atomic E-state index is 12.5. The number of rotatable bonds is 3. The monoisotopic (exact) mass is 296 g/mol. The van der Waals surface area contributed by atoms with Gasteiger partial charge in [-0.05, 0) is 31.4 Å². The molecule has 1 saturated heterocycles. The second-order valence-corrected chi connectivity index (χ2v) is 5.18. The number of ether oxygens (including phenoxy) is 1. The molecule has 0 N–H and O–H groups in total. The van der Waals surface area contributed by atoms with Crippen molar-refractivity contribution in [3.63, 3.8) is 0 Å². The average molecular weight is 297 g/mol. The molecular weight excluding hydrogens is 280 g/mol. The predicted molar refractivity (Wildman–Crippen MR) is 74.6 cm³/mol. The van der Waals surface area contributed by atoms with E-state index in [2.05, 4.69) is 4.98 Å². The Bertz CT molecular complexity index is 507. The molecule has 6 heteroatoms. The van der Waals surface area contributed by atoms with Crippen LogP contribution in [0.2, 0.25) is 5.15 Å². The summed E-state index contributed by atoms with van der Waals surface area (Å²) in [5.74, 6) is -0.398. The Balaban J connectivity index is 2.15. The van der Waals surface area contributed by atoms with Crippen LogP contribution in [0.3, 0.4) is 0 Å². The molecule has 1 fully saturated rings. The Morgan fingerprint density at radius 3 is 3.00 bits per heavy atom. The van der Waals surface area contributed by atoms with Gasteiger partial charge in [0.15, 0.2) is 0 Å². The molecule has 20 heavy (non-hydrogen) atoms. The van der Waals surface area contributed by atoms with Crippen molar-refractivity contribution < 1.29 is 14.3 Å². The van der Waals surface area contributed by atoms with Gasteiger partial charge in [-0.3, -0.25) is 9.59 Å². The smallest absolute Gasteiger partial charge is 0.307 e. The minimum atomic E-state index is -0.289. The lowest BCUT2D eigenvalue weighted by molar-refractivity contribution is -0.142. The summed E-state index contributed by atoms with van der Waals surface area (Å²) in [6, 6.07) is 3.08. The fourth-order valence-electron chi connectivity index (χ4n) is 2.46. The summed E-state index contributed by atoms with van der Waals surface area (Å²) in [5.41, 5.74) is 0.502. The van der Waals surface area contributed by atoms with Crippen LogP contribution in [0.4, 0.5) is 0 Å². The van der Waals surface area contributed by atoms with Gasteiger partial charge in [-0.15, -0.1) is 0 Å². The SMILES string of the molecule is COC(=O)CC1CCCCN1C(=O)c1ccnc(Cl)c1. The lowest BCUT2D eigenvalue weighted by Crippen LogP contribution is -2.44. The number of nitrogens with zero attached hydrogens (tertiary/aromatic N) is 2. The van der Waals surface area contributed by atoms with Crippen LogP contribution in [0.1, 0.15) is 36.0 Å². The maximum Gasteiger partial charge on any atom is 0.307 e. The molecule has 2 heterocycles. The lowest BCUT2D eigenvalue weighted by atomic mass is 9.98. The molecule has 0 saturated carbocycles. The minimum absolute atomic E-state index is 0.101. The van der Waals surface area contributed by atoms with Gasteiger partial charge in [-0.25, -0.2) is 4.98 Å². The molecule has 108 valence electrons. The molecule has 1 aromatic rings. The highest BCUT2D eigenvalue weighted by molar-refractivity contribution is 6.29. The second-order valence-electron chi connectivity index (χ2n) is 4.80. The number of esters is 1. The van der Waals surface area contributed by atoms with Crippen LogP contribution in [-0.4, -0.2) is 41.5 Å². The van der Waals surface area contributed by atoms with E-state index in [4.69, 9.17) is 16.3 Å². The molecular formula is C14H17ClN2O3. The first-order valence-corrected chi connectivity index (χ1v) is 6.99. The summed E-state index contributed by atoms with van der Waals surface area (Å²) in [6.45, 7) is 0.653. The molecule has 0 spiro atoms. The number of likely N-dealkylation sites (tertiary alicyclic amines) is 1. The van der Waals surface area contributed by atoms with Crippen molar-refractivity contribution in [1.29, 1.82) is 0 Å². The molecule has 2 rings (SSSR count). The normalized spacial score (nSPS) is 18.7. The van der Waals surface area contributed by atoms with Crippen molar-refractivity contribution in [3.05, 3.63) is 29.0 Å². The molecule has 1 aliphatic rings. The summed E-state index contributed by atoms with van der Waals surface area (Å²) < 4.78 is 4.70. The number of carbonyl (C=O) groups excluding carboxylic acids is 2. The lowest BCUT2D eigenvalue weighted by Gasteiger charge is -2.35. The number of aromatic nitrogens is 1. The summed E-state index contributed by atoms with van der Waals surface area (Å²) >= 11 is 5.82. The minimum Gasteiger partial charge on any atom is -0.469 e. The summed E-state index contributed by atoms with van der Waals surface area (Å²) in [5, 5.41) is 0.289. The number of halogens is 1. The van der Waals surface area contributed by atoms with Gasteiger partial charge in [0, 0.05) is 24.3 Å². The molecule has 0 bridgehead atoms. The number of methoxy groups -OCH3 is 1. The van der Waals surface area contributed by atoms with E-state index in [1.54, 1.807) is 17.0 Å². The first-order chi connectivity index (χ1) is 9.61. The largest absolute Gasteiger partial charge is 0.469 e. The zero-order valence-electron chi connectivity index (χ0n) is 11.3. The van der Waals surface area contributed by atoms with Crippen molar-refractivity contribution in [2.24, 2.45) is 0 Å². The van der Waals surface area contributed by atoms with Crippen LogP contribution in [0.15, 0.2) is 18.3 Å². The van der Waals surface area contributed by atoms with E-state index < -0.39 is 0 Å². The molecule has 1 aliphatic heterocycles. The van der Waals surface area contributed by atoms with Crippen molar-refractivity contribution in [2.45, 2.75) is 31.7 Å². The third kappa shape index (κ3) is 3.48. The van der Waals surface area contributed by atoms with Gasteiger partial charge in [-0.2, -0.15) is 0 Å². The van der Waals surface area contributed by atoms with Crippen LogP contribution >= 0.6 is 11.6 Å². The van der Waals surface area contributed by atoms with Crippen molar-refractivity contribution >= 4 is 23.5 Å². The van der Waals surface area contributed by atoms with E-state index in [0.717, 1.165) is 19.3 Å². The van der Waals surface area contributed by atoms with Gasteiger partial charge in [0.1, 0.15) is 5.15 Å². The van der Waals surface area contributed by atoms with Crippen LogP contribution in [0, 0.1) is 0 Å². The Morgan fingerprint density at radius 2 is 2.30 bits per heavy atom. The highest BCUT2D eigenvalue weighted by Gasteiger charge is 2.29. The average Bonchev–Trinajstić information content (AvgIpc) is 2.47. The molecule has 5 nitrogen and oxygen atoms in total. The molecule has 1 aromatic heterocycles. The van der Waals surface area contributed by atoms with Crippen molar-refractivity contribution in [2.75, 3.05) is 13.7 Å². The summed E-state index contributed by atoms with van der Waals surface area (Å²) in [4.78, 5) is 29.6. The summed E-state index contributed by atoms with van der Waals surface area (Å²) in [6.07, 6.45) is 4.53. The molecule has 0 radical (unpaired) electrons. The fraction of sp³-hybridized carbons (Fsp3) is 0.500. The third-order valence-corrected chi connectivity index (χ3v) is 3.70. The molecule has 0 aliphatic carbocycles. The standard InChI is InChI=1S/C14H17ClN2O3/c1-20-13(18)9-11-4-2-3-7-17(11)14(19)10-5-6-16-12(15)8-10/h5-6,8,11H,2-4,7,9H2,1H3. The van der Waals surface area contributed by atoms with Crippen molar-refractivity contribution in [3.8, 4) is 0 Å². The molecule has 0 aromatic carbocycles. The van der Waals surface area contributed by atoms with Crippen molar-refractivity contribution in [1.82, 2.24) is 9.88 Å². The van der Waals surface area contributed by atoms with Gasteiger partial charge < -0.3 is 9.64 Å². The highest BCUT2D eigenvalue weighted by Crippen LogP contribution is 2.22. The third-order valence-electron chi connectivity index (χ3n) is 3.49. The Hall–Kier alpha value is -1.62. The van der Waals surface area contributed by atoms with E-state index in [1.165, 1.54) is 13.3 Å². The number of pyridine rings is 1. The number of amides is 1. The maximum atomic E-state index is 12.5. The quantitative estimate of drug-likeness (QED) is 0.634.